The standard InChI is InChI=1S/C14H21BrN2O/c1-10-8-17(9-14(2,3)18-10)13-5-4-12(15)6-11(13)7-16/h4-6,10H,7-9,16H2,1-3H3. The van der Waals surface area contributed by atoms with Crippen molar-refractivity contribution < 1.29 is 4.74 Å². The second kappa shape index (κ2) is 5.19. The molecule has 0 saturated carbocycles. The quantitative estimate of drug-likeness (QED) is 0.912. The number of anilines is 1. The van der Waals surface area contributed by atoms with E-state index >= 15 is 0 Å². The van der Waals surface area contributed by atoms with Gasteiger partial charge in [0.15, 0.2) is 0 Å². The van der Waals surface area contributed by atoms with Gasteiger partial charge in [0.2, 0.25) is 0 Å². The minimum atomic E-state index is -0.114. The largest absolute Gasteiger partial charge is 0.369 e. The Bertz CT molecular complexity index is 434. The number of benzene rings is 1. The Morgan fingerprint density at radius 1 is 1.50 bits per heavy atom. The van der Waals surface area contributed by atoms with Crippen LogP contribution < -0.4 is 10.6 Å². The number of morpholine rings is 1. The average molecular weight is 313 g/mol. The molecule has 3 nitrogen and oxygen atoms in total. The molecule has 1 aliphatic rings. The van der Waals surface area contributed by atoms with Crippen molar-refractivity contribution in [3.8, 4) is 0 Å². The van der Waals surface area contributed by atoms with Gasteiger partial charge in [-0.05, 0) is 44.5 Å². The lowest BCUT2D eigenvalue weighted by atomic mass is 10.0. The number of nitrogens with zero attached hydrogens (tertiary/aromatic N) is 1. The van der Waals surface area contributed by atoms with Gasteiger partial charge < -0.3 is 15.4 Å². The van der Waals surface area contributed by atoms with Crippen LogP contribution in [-0.2, 0) is 11.3 Å². The van der Waals surface area contributed by atoms with E-state index in [0.29, 0.717) is 6.54 Å². The van der Waals surface area contributed by atoms with Gasteiger partial charge in [-0.15, -0.1) is 0 Å². The Morgan fingerprint density at radius 2 is 2.22 bits per heavy atom. The first kappa shape index (κ1) is 13.8. The molecule has 2 N–H and O–H groups in total. The highest BCUT2D eigenvalue weighted by atomic mass is 79.9. The molecule has 18 heavy (non-hydrogen) atoms. The fraction of sp³-hybridized carbons (Fsp3) is 0.571. The average Bonchev–Trinajstić information content (AvgIpc) is 2.25. The summed E-state index contributed by atoms with van der Waals surface area (Å²) in [6.07, 6.45) is 0.239. The third-order valence-corrected chi connectivity index (χ3v) is 3.66. The molecule has 0 aromatic heterocycles. The highest BCUT2D eigenvalue weighted by Crippen LogP contribution is 2.30. The summed E-state index contributed by atoms with van der Waals surface area (Å²) in [6.45, 7) is 8.76. The van der Waals surface area contributed by atoms with Gasteiger partial charge in [-0.1, -0.05) is 15.9 Å². The van der Waals surface area contributed by atoms with Crippen LogP contribution >= 0.6 is 15.9 Å². The van der Waals surface area contributed by atoms with E-state index in [1.807, 2.05) is 0 Å². The van der Waals surface area contributed by atoms with Crippen molar-refractivity contribution in [1.29, 1.82) is 0 Å². The monoisotopic (exact) mass is 312 g/mol. The fourth-order valence-corrected chi connectivity index (χ4v) is 3.07. The van der Waals surface area contributed by atoms with Gasteiger partial charge in [0.25, 0.3) is 0 Å². The lowest BCUT2D eigenvalue weighted by Crippen LogP contribution is -2.52. The van der Waals surface area contributed by atoms with Crippen LogP contribution in [0.5, 0.6) is 0 Å². The number of hydrogen-bond donors (Lipinski definition) is 1. The van der Waals surface area contributed by atoms with Gasteiger partial charge in [-0.3, -0.25) is 0 Å². The summed E-state index contributed by atoms with van der Waals surface area (Å²) in [7, 11) is 0. The molecule has 0 spiro atoms. The molecule has 1 unspecified atom stereocenters. The minimum Gasteiger partial charge on any atom is -0.369 e. The number of halogens is 1. The molecule has 1 aromatic rings. The SMILES string of the molecule is CC1CN(c2ccc(Br)cc2CN)CC(C)(C)O1. The zero-order chi connectivity index (χ0) is 13.3. The highest BCUT2D eigenvalue weighted by molar-refractivity contribution is 9.10. The summed E-state index contributed by atoms with van der Waals surface area (Å²) in [5.41, 5.74) is 8.14. The molecule has 1 atom stereocenters. The van der Waals surface area contributed by atoms with Gasteiger partial charge in [0.1, 0.15) is 0 Å². The molecule has 1 aromatic carbocycles. The first-order chi connectivity index (χ1) is 8.41. The summed E-state index contributed by atoms with van der Waals surface area (Å²) in [4.78, 5) is 2.38. The molecule has 2 rings (SSSR count). The number of ether oxygens (including phenoxy) is 1. The maximum atomic E-state index is 5.94. The van der Waals surface area contributed by atoms with Crippen LogP contribution in [-0.4, -0.2) is 24.8 Å². The van der Waals surface area contributed by atoms with Crippen LogP contribution in [0.4, 0.5) is 5.69 Å². The van der Waals surface area contributed by atoms with Crippen LogP contribution in [0, 0.1) is 0 Å². The topological polar surface area (TPSA) is 38.5 Å². The van der Waals surface area contributed by atoms with Crippen LogP contribution in [0.25, 0.3) is 0 Å². The molecule has 0 bridgehead atoms. The van der Waals surface area contributed by atoms with E-state index in [2.05, 4.69) is 59.8 Å². The van der Waals surface area contributed by atoms with Gasteiger partial charge in [-0.25, -0.2) is 0 Å². The molecule has 100 valence electrons. The van der Waals surface area contributed by atoms with E-state index in [9.17, 15) is 0 Å². The smallest absolute Gasteiger partial charge is 0.0805 e. The summed E-state index contributed by atoms with van der Waals surface area (Å²) in [5.74, 6) is 0. The summed E-state index contributed by atoms with van der Waals surface area (Å²) in [5, 5.41) is 0. The van der Waals surface area contributed by atoms with Crippen molar-refractivity contribution >= 4 is 21.6 Å². The predicted octanol–water partition coefficient (Wildman–Crippen LogP) is 2.91. The number of hydrogen-bond acceptors (Lipinski definition) is 3. The maximum absolute atomic E-state index is 5.94. The van der Waals surface area contributed by atoms with Gasteiger partial charge >= 0.3 is 0 Å². The van der Waals surface area contributed by atoms with Crippen LogP contribution in [0.1, 0.15) is 26.3 Å². The van der Waals surface area contributed by atoms with Gasteiger partial charge in [0.05, 0.1) is 11.7 Å². The predicted molar refractivity (Wildman–Crippen MR) is 78.9 cm³/mol. The van der Waals surface area contributed by atoms with Crippen molar-refractivity contribution in [3.63, 3.8) is 0 Å². The van der Waals surface area contributed by atoms with E-state index in [-0.39, 0.29) is 11.7 Å². The minimum absolute atomic E-state index is 0.114. The maximum Gasteiger partial charge on any atom is 0.0805 e. The molecule has 0 radical (unpaired) electrons. The van der Waals surface area contributed by atoms with Crippen molar-refractivity contribution in [2.75, 3.05) is 18.0 Å². The van der Waals surface area contributed by atoms with Crippen LogP contribution in [0.2, 0.25) is 0 Å². The third-order valence-electron chi connectivity index (χ3n) is 3.17. The lowest BCUT2D eigenvalue weighted by molar-refractivity contribution is -0.0750. The Labute approximate surface area is 117 Å². The zero-order valence-corrected chi connectivity index (χ0v) is 12.8. The lowest BCUT2D eigenvalue weighted by Gasteiger charge is -2.43. The first-order valence-electron chi connectivity index (χ1n) is 6.32. The molecule has 1 fully saturated rings. The molecule has 0 amide bonds. The number of rotatable bonds is 2. The van der Waals surface area contributed by atoms with Crippen molar-refractivity contribution in [2.45, 2.75) is 39.0 Å². The van der Waals surface area contributed by atoms with Crippen molar-refractivity contribution in [1.82, 2.24) is 0 Å². The second-order valence-electron chi connectivity index (χ2n) is 5.55. The summed E-state index contributed by atoms with van der Waals surface area (Å²) in [6, 6.07) is 6.31. The molecule has 0 aliphatic carbocycles. The van der Waals surface area contributed by atoms with Crippen LogP contribution in [0.15, 0.2) is 22.7 Å². The molecular formula is C14H21BrN2O. The summed E-state index contributed by atoms with van der Waals surface area (Å²) >= 11 is 3.50. The van der Waals surface area contributed by atoms with Gasteiger partial charge in [-0.2, -0.15) is 0 Å². The highest BCUT2D eigenvalue weighted by Gasteiger charge is 2.32. The van der Waals surface area contributed by atoms with E-state index in [1.165, 1.54) is 11.3 Å². The number of nitrogens with two attached hydrogens (primary N) is 1. The molecule has 1 saturated heterocycles. The molecule has 1 heterocycles. The van der Waals surface area contributed by atoms with E-state index < -0.39 is 0 Å². The van der Waals surface area contributed by atoms with Crippen LogP contribution in [0.3, 0.4) is 0 Å². The van der Waals surface area contributed by atoms with E-state index in [4.69, 9.17) is 10.5 Å². The van der Waals surface area contributed by atoms with Crippen molar-refractivity contribution in [2.24, 2.45) is 5.73 Å². The normalized spacial score (nSPS) is 23.2. The zero-order valence-electron chi connectivity index (χ0n) is 11.2. The molecule has 1 aliphatic heterocycles. The van der Waals surface area contributed by atoms with Gasteiger partial charge in [0, 0.05) is 29.8 Å². The Morgan fingerprint density at radius 3 is 2.83 bits per heavy atom. The van der Waals surface area contributed by atoms with E-state index in [0.717, 1.165) is 17.6 Å². The third kappa shape index (κ3) is 3.05. The summed E-state index contributed by atoms with van der Waals surface area (Å²) < 4.78 is 7.02. The second-order valence-corrected chi connectivity index (χ2v) is 6.46. The Hall–Kier alpha value is -0.580. The molecular weight excluding hydrogens is 292 g/mol. The first-order valence-corrected chi connectivity index (χ1v) is 7.12. The molecule has 4 heteroatoms. The Balaban J connectivity index is 2.30. The fourth-order valence-electron chi connectivity index (χ4n) is 2.66. The van der Waals surface area contributed by atoms with E-state index in [1.54, 1.807) is 0 Å². The Kier molecular flexibility index (Phi) is 3.99. The van der Waals surface area contributed by atoms with Crippen molar-refractivity contribution in [3.05, 3.63) is 28.2 Å².